The lowest BCUT2D eigenvalue weighted by Crippen LogP contribution is -1.86. The summed E-state index contributed by atoms with van der Waals surface area (Å²) in [6, 6.07) is 6.68. The molecule has 1 aromatic rings. The van der Waals surface area contributed by atoms with Crippen LogP contribution in [-0.2, 0) is 0 Å². The SMILES string of the molecule is C=N/C=C(\SCC)c1ccccc1F. The Morgan fingerprint density at radius 1 is 1.57 bits per heavy atom. The highest BCUT2D eigenvalue weighted by Crippen LogP contribution is 2.28. The van der Waals surface area contributed by atoms with Gasteiger partial charge in [0.15, 0.2) is 0 Å². The van der Waals surface area contributed by atoms with Gasteiger partial charge in [-0.15, -0.1) is 11.8 Å². The Balaban J connectivity index is 3.05. The Labute approximate surface area is 87.8 Å². The fourth-order valence-electron chi connectivity index (χ4n) is 1.08. The predicted octanol–water partition coefficient (Wildman–Crippen LogP) is 3.58. The van der Waals surface area contributed by atoms with E-state index in [0.29, 0.717) is 5.56 Å². The lowest BCUT2D eigenvalue weighted by Gasteiger charge is -2.05. The Bertz CT molecular complexity index is 347. The van der Waals surface area contributed by atoms with Crippen molar-refractivity contribution < 1.29 is 4.39 Å². The van der Waals surface area contributed by atoms with E-state index in [1.807, 2.05) is 13.0 Å². The van der Waals surface area contributed by atoms with Gasteiger partial charge in [-0.25, -0.2) is 4.39 Å². The van der Waals surface area contributed by atoms with E-state index in [9.17, 15) is 4.39 Å². The lowest BCUT2D eigenvalue weighted by atomic mass is 10.2. The zero-order valence-electron chi connectivity index (χ0n) is 8.03. The molecular formula is C11H12FNS. The Hall–Kier alpha value is -1.09. The van der Waals surface area contributed by atoms with Crippen LogP contribution >= 0.6 is 11.8 Å². The summed E-state index contributed by atoms with van der Waals surface area (Å²) in [5, 5.41) is 0. The largest absolute Gasteiger partial charge is 0.271 e. The Morgan fingerprint density at radius 3 is 2.86 bits per heavy atom. The maximum absolute atomic E-state index is 13.4. The van der Waals surface area contributed by atoms with Crippen LogP contribution in [-0.4, -0.2) is 12.5 Å². The molecule has 14 heavy (non-hydrogen) atoms. The average molecular weight is 209 g/mol. The van der Waals surface area contributed by atoms with E-state index < -0.39 is 0 Å². The summed E-state index contributed by atoms with van der Waals surface area (Å²) in [7, 11) is 0. The zero-order valence-corrected chi connectivity index (χ0v) is 8.85. The van der Waals surface area contributed by atoms with Gasteiger partial charge in [0.1, 0.15) is 5.82 Å². The average Bonchev–Trinajstić information content (AvgIpc) is 2.18. The van der Waals surface area contributed by atoms with E-state index in [-0.39, 0.29) is 5.82 Å². The van der Waals surface area contributed by atoms with Crippen LogP contribution in [0.2, 0.25) is 0 Å². The number of hydrogen-bond acceptors (Lipinski definition) is 2. The van der Waals surface area contributed by atoms with Gasteiger partial charge in [-0.05, 0) is 18.5 Å². The first-order valence-electron chi connectivity index (χ1n) is 4.33. The zero-order chi connectivity index (χ0) is 10.4. The molecule has 0 aliphatic heterocycles. The van der Waals surface area contributed by atoms with Crippen molar-refractivity contribution in [3.63, 3.8) is 0 Å². The normalized spacial score (nSPS) is 11.4. The number of aliphatic imine (C=N–C) groups is 1. The van der Waals surface area contributed by atoms with E-state index in [0.717, 1.165) is 10.7 Å². The van der Waals surface area contributed by atoms with Crippen molar-refractivity contribution in [3.05, 3.63) is 41.8 Å². The monoisotopic (exact) mass is 209 g/mol. The number of nitrogens with zero attached hydrogens (tertiary/aromatic N) is 1. The second kappa shape index (κ2) is 5.60. The molecule has 0 atom stereocenters. The molecular weight excluding hydrogens is 197 g/mol. The molecule has 0 unspecified atom stereocenters. The molecule has 0 saturated carbocycles. The van der Waals surface area contributed by atoms with Gasteiger partial charge in [0.2, 0.25) is 0 Å². The molecule has 0 aliphatic rings. The second-order valence-corrected chi connectivity index (χ2v) is 3.89. The van der Waals surface area contributed by atoms with Gasteiger partial charge in [0, 0.05) is 16.7 Å². The third-order valence-corrected chi connectivity index (χ3v) is 2.57. The summed E-state index contributed by atoms with van der Waals surface area (Å²) in [5.41, 5.74) is 0.590. The molecule has 1 rings (SSSR count). The lowest BCUT2D eigenvalue weighted by molar-refractivity contribution is 0.625. The van der Waals surface area contributed by atoms with Gasteiger partial charge in [0.05, 0.1) is 0 Å². The molecule has 0 bridgehead atoms. The summed E-state index contributed by atoms with van der Waals surface area (Å²) in [4.78, 5) is 4.49. The highest BCUT2D eigenvalue weighted by molar-refractivity contribution is 8.08. The van der Waals surface area contributed by atoms with Crippen LogP contribution < -0.4 is 0 Å². The van der Waals surface area contributed by atoms with Crippen molar-refractivity contribution in [1.29, 1.82) is 0 Å². The van der Waals surface area contributed by atoms with Crippen LogP contribution in [0.25, 0.3) is 4.91 Å². The van der Waals surface area contributed by atoms with Crippen molar-refractivity contribution in [2.45, 2.75) is 6.92 Å². The quantitative estimate of drug-likeness (QED) is 0.690. The van der Waals surface area contributed by atoms with Gasteiger partial charge in [-0.2, -0.15) is 0 Å². The minimum atomic E-state index is -0.219. The summed E-state index contributed by atoms with van der Waals surface area (Å²) >= 11 is 1.56. The third-order valence-electron chi connectivity index (χ3n) is 1.65. The maximum Gasteiger partial charge on any atom is 0.131 e. The van der Waals surface area contributed by atoms with Gasteiger partial charge < -0.3 is 0 Å². The smallest absolute Gasteiger partial charge is 0.131 e. The minimum Gasteiger partial charge on any atom is -0.271 e. The van der Waals surface area contributed by atoms with Gasteiger partial charge >= 0.3 is 0 Å². The van der Waals surface area contributed by atoms with E-state index >= 15 is 0 Å². The van der Waals surface area contributed by atoms with Crippen LogP contribution in [0, 0.1) is 5.82 Å². The van der Waals surface area contributed by atoms with Crippen molar-refractivity contribution in [2.75, 3.05) is 5.75 Å². The van der Waals surface area contributed by atoms with Crippen molar-refractivity contribution in [2.24, 2.45) is 4.99 Å². The van der Waals surface area contributed by atoms with E-state index in [2.05, 4.69) is 11.7 Å². The number of hydrogen-bond donors (Lipinski definition) is 0. The summed E-state index contributed by atoms with van der Waals surface area (Å²) < 4.78 is 13.4. The summed E-state index contributed by atoms with van der Waals surface area (Å²) in [6.45, 7) is 5.39. The molecule has 74 valence electrons. The van der Waals surface area contributed by atoms with E-state index in [4.69, 9.17) is 0 Å². The number of benzene rings is 1. The standard InChI is InChI=1S/C11H12FNS/c1-3-14-11(8-13-2)9-6-4-5-7-10(9)12/h4-8H,2-3H2,1H3/b11-8-. The molecule has 0 aliphatic carbocycles. The molecule has 0 N–H and O–H groups in total. The fraction of sp³-hybridized carbons (Fsp3) is 0.182. The first kappa shape index (κ1) is 11.0. The molecule has 1 aromatic carbocycles. The molecule has 3 heteroatoms. The molecule has 0 amide bonds. The van der Waals surface area contributed by atoms with E-state index in [1.54, 1.807) is 30.1 Å². The molecule has 0 saturated heterocycles. The van der Waals surface area contributed by atoms with Crippen LogP contribution in [0.1, 0.15) is 12.5 Å². The highest BCUT2D eigenvalue weighted by Gasteiger charge is 2.06. The summed E-state index contributed by atoms with van der Waals surface area (Å²) in [6.07, 6.45) is 1.59. The molecule has 0 spiro atoms. The first-order chi connectivity index (χ1) is 6.79. The van der Waals surface area contributed by atoms with Crippen molar-refractivity contribution >= 4 is 23.4 Å². The van der Waals surface area contributed by atoms with Crippen molar-refractivity contribution in [1.82, 2.24) is 0 Å². The third kappa shape index (κ3) is 2.70. The first-order valence-corrected chi connectivity index (χ1v) is 5.31. The van der Waals surface area contributed by atoms with Crippen LogP contribution in [0.15, 0.2) is 35.5 Å². The van der Waals surface area contributed by atoms with Crippen LogP contribution in [0.3, 0.4) is 0 Å². The molecule has 0 fully saturated rings. The highest BCUT2D eigenvalue weighted by atomic mass is 32.2. The Kier molecular flexibility index (Phi) is 4.40. The number of thioether (sulfide) groups is 1. The maximum atomic E-state index is 13.4. The predicted molar refractivity (Wildman–Crippen MR) is 62.1 cm³/mol. The van der Waals surface area contributed by atoms with E-state index in [1.165, 1.54) is 6.07 Å². The molecule has 0 aromatic heterocycles. The number of halogens is 1. The molecule has 0 radical (unpaired) electrons. The topological polar surface area (TPSA) is 12.4 Å². The van der Waals surface area contributed by atoms with Crippen LogP contribution in [0.4, 0.5) is 4.39 Å². The molecule has 0 heterocycles. The molecule has 1 nitrogen and oxygen atoms in total. The number of rotatable bonds is 4. The fourth-order valence-corrected chi connectivity index (χ4v) is 1.87. The van der Waals surface area contributed by atoms with Crippen LogP contribution in [0.5, 0.6) is 0 Å². The summed E-state index contributed by atoms with van der Waals surface area (Å²) in [5.74, 6) is 0.665. The van der Waals surface area contributed by atoms with Crippen molar-refractivity contribution in [3.8, 4) is 0 Å². The van der Waals surface area contributed by atoms with Gasteiger partial charge in [0.25, 0.3) is 0 Å². The minimum absolute atomic E-state index is 0.219. The van der Waals surface area contributed by atoms with Gasteiger partial charge in [-0.3, -0.25) is 4.99 Å². The van der Waals surface area contributed by atoms with Gasteiger partial charge in [-0.1, -0.05) is 25.1 Å². The second-order valence-electron chi connectivity index (χ2n) is 2.59. The Morgan fingerprint density at radius 2 is 2.29 bits per heavy atom.